The molecule has 0 aliphatic carbocycles. The highest BCUT2D eigenvalue weighted by Gasteiger charge is 2.02. The van der Waals surface area contributed by atoms with Crippen LogP contribution in [-0.2, 0) is 12.8 Å². The summed E-state index contributed by atoms with van der Waals surface area (Å²) in [5.74, 6) is 0.384. The smallest absolute Gasteiger partial charge is 0.119 e. The Labute approximate surface area is 103 Å². The first-order valence-corrected chi connectivity index (χ1v) is 6.05. The Morgan fingerprint density at radius 1 is 0.941 bits per heavy atom. The SMILES string of the molecule is CCc1ccc(Cc2cc(C)ccc2O)cc1. The molecule has 0 unspecified atom stereocenters. The summed E-state index contributed by atoms with van der Waals surface area (Å²) in [6, 6.07) is 14.3. The number of aryl methyl sites for hydroxylation is 2. The zero-order valence-electron chi connectivity index (χ0n) is 10.4. The highest BCUT2D eigenvalue weighted by Crippen LogP contribution is 2.21. The lowest BCUT2D eigenvalue weighted by Gasteiger charge is -2.06. The first-order chi connectivity index (χ1) is 8.19. The molecule has 1 nitrogen and oxygen atoms in total. The van der Waals surface area contributed by atoms with Gasteiger partial charge in [-0.15, -0.1) is 0 Å². The molecule has 88 valence electrons. The number of benzene rings is 2. The maximum Gasteiger partial charge on any atom is 0.119 e. The summed E-state index contributed by atoms with van der Waals surface area (Å²) in [6.45, 7) is 4.20. The first-order valence-electron chi connectivity index (χ1n) is 6.05. The largest absolute Gasteiger partial charge is 0.508 e. The van der Waals surface area contributed by atoms with Gasteiger partial charge < -0.3 is 5.11 Å². The van der Waals surface area contributed by atoms with E-state index in [4.69, 9.17) is 0 Å². The lowest BCUT2D eigenvalue weighted by molar-refractivity contribution is 0.469. The highest BCUT2D eigenvalue weighted by molar-refractivity contribution is 5.39. The van der Waals surface area contributed by atoms with E-state index in [0.29, 0.717) is 5.75 Å². The lowest BCUT2D eigenvalue weighted by atomic mass is 10.0. The van der Waals surface area contributed by atoms with Crippen LogP contribution in [0.15, 0.2) is 42.5 Å². The number of rotatable bonds is 3. The van der Waals surface area contributed by atoms with Crippen molar-refractivity contribution in [3.63, 3.8) is 0 Å². The zero-order chi connectivity index (χ0) is 12.3. The second-order valence-electron chi connectivity index (χ2n) is 4.48. The predicted octanol–water partition coefficient (Wildman–Crippen LogP) is 3.85. The van der Waals surface area contributed by atoms with E-state index in [2.05, 4.69) is 31.2 Å². The molecule has 0 aliphatic rings. The maximum absolute atomic E-state index is 9.80. The summed E-state index contributed by atoms with van der Waals surface area (Å²) < 4.78 is 0. The Kier molecular flexibility index (Phi) is 3.48. The third-order valence-corrected chi connectivity index (χ3v) is 3.06. The van der Waals surface area contributed by atoms with Crippen molar-refractivity contribution in [1.82, 2.24) is 0 Å². The van der Waals surface area contributed by atoms with Gasteiger partial charge in [0.2, 0.25) is 0 Å². The van der Waals surface area contributed by atoms with Gasteiger partial charge in [-0.05, 0) is 36.1 Å². The summed E-state index contributed by atoms with van der Waals surface area (Å²) >= 11 is 0. The monoisotopic (exact) mass is 226 g/mol. The van der Waals surface area contributed by atoms with Gasteiger partial charge in [0.25, 0.3) is 0 Å². The van der Waals surface area contributed by atoms with Gasteiger partial charge in [-0.1, -0.05) is 48.9 Å². The minimum atomic E-state index is 0.384. The van der Waals surface area contributed by atoms with Crippen LogP contribution in [0.5, 0.6) is 5.75 Å². The van der Waals surface area contributed by atoms with E-state index in [-0.39, 0.29) is 0 Å². The van der Waals surface area contributed by atoms with Crippen molar-refractivity contribution in [3.05, 3.63) is 64.7 Å². The van der Waals surface area contributed by atoms with Crippen LogP contribution in [0.2, 0.25) is 0 Å². The van der Waals surface area contributed by atoms with Crippen molar-refractivity contribution in [2.75, 3.05) is 0 Å². The number of hydrogen-bond acceptors (Lipinski definition) is 1. The van der Waals surface area contributed by atoms with Crippen LogP contribution >= 0.6 is 0 Å². The molecule has 0 spiro atoms. The van der Waals surface area contributed by atoms with E-state index in [0.717, 1.165) is 18.4 Å². The van der Waals surface area contributed by atoms with Crippen LogP contribution in [0.1, 0.15) is 29.2 Å². The van der Waals surface area contributed by atoms with Gasteiger partial charge in [0.15, 0.2) is 0 Å². The van der Waals surface area contributed by atoms with Crippen LogP contribution in [-0.4, -0.2) is 5.11 Å². The van der Waals surface area contributed by atoms with E-state index in [1.165, 1.54) is 16.7 Å². The molecule has 0 saturated carbocycles. The molecule has 0 aromatic heterocycles. The molecule has 0 radical (unpaired) electrons. The Bertz CT molecular complexity index is 497. The summed E-state index contributed by atoms with van der Waals surface area (Å²) in [7, 11) is 0. The Balaban J connectivity index is 2.22. The van der Waals surface area contributed by atoms with E-state index < -0.39 is 0 Å². The molecular weight excluding hydrogens is 208 g/mol. The fourth-order valence-electron chi connectivity index (χ4n) is 1.97. The number of phenols is 1. The van der Waals surface area contributed by atoms with Crippen LogP contribution < -0.4 is 0 Å². The maximum atomic E-state index is 9.80. The molecule has 0 heterocycles. The summed E-state index contributed by atoms with van der Waals surface area (Å²) in [4.78, 5) is 0. The topological polar surface area (TPSA) is 20.2 Å². The van der Waals surface area contributed by atoms with Gasteiger partial charge in [0.1, 0.15) is 5.75 Å². The van der Waals surface area contributed by atoms with E-state index in [1.54, 1.807) is 6.07 Å². The molecule has 2 aromatic carbocycles. The molecule has 0 aliphatic heterocycles. The molecule has 0 fully saturated rings. The molecule has 0 amide bonds. The third kappa shape index (κ3) is 2.88. The van der Waals surface area contributed by atoms with Crippen molar-refractivity contribution in [2.45, 2.75) is 26.7 Å². The fourth-order valence-corrected chi connectivity index (χ4v) is 1.97. The molecular formula is C16H18O. The molecule has 17 heavy (non-hydrogen) atoms. The Hall–Kier alpha value is -1.76. The normalized spacial score (nSPS) is 10.5. The van der Waals surface area contributed by atoms with Crippen molar-refractivity contribution in [2.24, 2.45) is 0 Å². The summed E-state index contributed by atoms with van der Waals surface area (Å²) in [5, 5.41) is 9.80. The van der Waals surface area contributed by atoms with Crippen molar-refractivity contribution in [1.29, 1.82) is 0 Å². The fraction of sp³-hybridized carbons (Fsp3) is 0.250. The second-order valence-corrected chi connectivity index (χ2v) is 4.48. The second kappa shape index (κ2) is 5.05. The standard InChI is InChI=1S/C16H18O/c1-3-13-5-7-14(8-6-13)11-15-10-12(2)4-9-16(15)17/h4-10,17H,3,11H2,1-2H3. The van der Waals surface area contributed by atoms with Gasteiger partial charge in [0.05, 0.1) is 0 Å². The molecule has 1 N–H and O–H groups in total. The quantitative estimate of drug-likeness (QED) is 0.842. The van der Waals surface area contributed by atoms with Crippen molar-refractivity contribution in [3.8, 4) is 5.75 Å². The van der Waals surface area contributed by atoms with Gasteiger partial charge >= 0.3 is 0 Å². The third-order valence-electron chi connectivity index (χ3n) is 3.06. The average Bonchev–Trinajstić information content (AvgIpc) is 2.35. The minimum Gasteiger partial charge on any atom is -0.508 e. The van der Waals surface area contributed by atoms with Crippen LogP contribution in [0.25, 0.3) is 0 Å². The summed E-state index contributed by atoms with van der Waals surface area (Å²) in [5.41, 5.74) is 4.77. The Morgan fingerprint density at radius 2 is 1.59 bits per heavy atom. The average molecular weight is 226 g/mol. The first kappa shape index (κ1) is 11.7. The molecule has 0 atom stereocenters. The molecule has 0 bridgehead atoms. The van der Waals surface area contributed by atoms with Crippen molar-refractivity contribution >= 4 is 0 Å². The highest BCUT2D eigenvalue weighted by atomic mass is 16.3. The molecule has 0 saturated heterocycles. The van der Waals surface area contributed by atoms with Gasteiger partial charge in [-0.2, -0.15) is 0 Å². The minimum absolute atomic E-state index is 0.384. The summed E-state index contributed by atoms with van der Waals surface area (Å²) in [6.07, 6.45) is 1.85. The predicted molar refractivity (Wildman–Crippen MR) is 71.5 cm³/mol. The molecule has 2 rings (SSSR count). The van der Waals surface area contributed by atoms with Gasteiger partial charge in [-0.25, -0.2) is 0 Å². The molecule has 1 heteroatoms. The van der Waals surface area contributed by atoms with E-state index in [9.17, 15) is 5.11 Å². The lowest BCUT2D eigenvalue weighted by Crippen LogP contribution is -1.90. The van der Waals surface area contributed by atoms with Crippen LogP contribution in [0.4, 0.5) is 0 Å². The van der Waals surface area contributed by atoms with Gasteiger partial charge in [0, 0.05) is 6.42 Å². The zero-order valence-corrected chi connectivity index (χ0v) is 10.4. The van der Waals surface area contributed by atoms with E-state index in [1.807, 2.05) is 19.1 Å². The van der Waals surface area contributed by atoms with E-state index >= 15 is 0 Å². The van der Waals surface area contributed by atoms with Crippen LogP contribution in [0, 0.1) is 6.92 Å². The van der Waals surface area contributed by atoms with Crippen molar-refractivity contribution < 1.29 is 5.11 Å². The van der Waals surface area contributed by atoms with Gasteiger partial charge in [-0.3, -0.25) is 0 Å². The number of aromatic hydroxyl groups is 1. The van der Waals surface area contributed by atoms with Crippen LogP contribution in [0.3, 0.4) is 0 Å². The molecule has 2 aromatic rings. The Morgan fingerprint density at radius 3 is 2.24 bits per heavy atom. The number of phenolic OH excluding ortho intramolecular Hbond substituents is 1. The number of hydrogen-bond donors (Lipinski definition) is 1.